The van der Waals surface area contributed by atoms with Gasteiger partial charge in [0.05, 0.1) is 6.04 Å². The van der Waals surface area contributed by atoms with Crippen LogP contribution in [0.1, 0.15) is 32.1 Å². The van der Waals surface area contributed by atoms with Gasteiger partial charge < -0.3 is 21.7 Å². The van der Waals surface area contributed by atoms with Gasteiger partial charge in [-0.05, 0) is 31.4 Å². The zero-order valence-corrected chi connectivity index (χ0v) is 16.7. The second-order valence-corrected chi connectivity index (χ2v) is 7.03. The Morgan fingerprint density at radius 3 is 2.74 bits per heavy atom. The summed E-state index contributed by atoms with van der Waals surface area (Å²) in [7, 11) is 0. The average Bonchev–Trinajstić information content (AvgIpc) is 3.15. The molecule has 1 aliphatic heterocycles. The number of nitrogens with two attached hydrogens (primary N) is 1. The highest BCUT2D eigenvalue weighted by Gasteiger charge is 2.30. The Kier molecular flexibility index (Phi) is 9.06. The summed E-state index contributed by atoms with van der Waals surface area (Å²) in [6, 6.07) is 2.32. The first kappa shape index (κ1) is 23.9. The van der Waals surface area contributed by atoms with Crippen molar-refractivity contribution in [3.63, 3.8) is 0 Å². The number of benzene rings is 1. The number of amides is 2. The lowest BCUT2D eigenvalue weighted by Gasteiger charge is -2.13. The van der Waals surface area contributed by atoms with Crippen molar-refractivity contribution in [2.75, 3.05) is 18.4 Å². The predicted molar refractivity (Wildman–Crippen MR) is 108 cm³/mol. The van der Waals surface area contributed by atoms with Gasteiger partial charge in [-0.25, -0.2) is 23.9 Å². The number of carbonyl (C=O) groups is 2. The maximum Gasteiger partial charge on any atom is 0.251 e. The molecule has 1 fully saturated rings. The minimum atomic E-state index is -1.05. The van der Waals surface area contributed by atoms with Crippen molar-refractivity contribution in [1.29, 1.82) is 0 Å². The van der Waals surface area contributed by atoms with Crippen LogP contribution in [0.3, 0.4) is 0 Å². The molecule has 0 unspecified atom stereocenters. The third kappa shape index (κ3) is 8.50. The number of guanidine groups is 1. The molecule has 1 aromatic carbocycles. The summed E-state index contributed by atoms with van der Waals surface area (Å²) in [5, 5.41) is 17.7. The number of rotatable bonds is 10. The van der Waals surface area contributed by atoms with E-state index in [1.165, 1.54) is 6.07 Å². The van der Waals surface area contributed by atoms with E-state index in [1.807, 2.05) is 0 Å². The van der Waals surface area contributed by atoms with Gasteiger partial charge in [0.1, 0.15) is 0 Å². The lowest BCUT2D eigenvalue weighted by atomic mass is 10.1. The van der Waals surface area contributed by atoms with E-state index in [-0.39, 0.29) is 23.6 Å². The molecule has 1 aliphatic rings. The van der Waals surface area contributed by atoms with Crippen molar-refractivity contribution < 1.29 is 23.4 Å². The van der Waals surface area contributed by atoms with Crippen LogP contribution in [0.4, 0.5) is 14.5 Å². The number of nitro groups is 1. The highest BCUT2D eigenvalue weighted by Crippen LogP contribution is 2.15. The Balaban J connectivity index is 1.62. The maximum atomic E-state index is 13.2. The first-order valence-electron chi connectivity index (χ1n) is 9.74. The Morgan fingerprint density at radius 1 is 1.26 bits per heavy atom. The van der Waals surface area contributed by atoms with E-state index in [4.69, 9.17) is 5.73 Å². The van der Waals surface area contributed by atoms with Crippen molar-refractivity contribution in [3.8, 4) is 0 Å². The Labute approximate surface area is 177 Å². The van der Waals surface area contributed by atoms with Crippen molar-refractivity contribution >= 4 is 23.5 Å². The molecule has 0 bridgehead atoms. The standard InChI is InChI=1S/C18H25F2N7O4/c19-13-6-5-11(8-14(13)20)25-17(29)15-9-12(10-23-15)24-16(28)4-2-1-3-7-22-18(21)26-27(30)31/h5-6,8,12,15,23H,1-4,7,9-10H2,(H,24,28)(H,25,29)(H3,21,22,26)/t12-,15-/m0/s1. The van der Waals surface area contributed by atoms with Crippen LogP contribution in [0.15, 0.2) is 23.2 Å². The van der Waals surface area contributed by atoms with Crippen LogP contribution in [0.2, 0.25) is 0 Å². The highest BCUT2D eigenvalue weighted by atomic mass is 19.2. The van der Waals surface area contributed by atoms with Gasteiger partial charge in [0.2, 0.25) is 11.8 Å². The summed E-state index contributed by atoms with van der Waals surface area (Å²) in [4.78, 5) is 38.3. The highest BCUT2D eigenvalue weighted by molar-refractivity contribution is 5.95. The molecule has 13 heteroatoms. The fourth-order valence-corrected chi connectivity index (χ4v) is 3.05. The summed E-state index contributed by atoms with van der Waals surface area (Å²) in [5.74, 6) is -2.85. The Morgan fingerprint density at radius 2 is 2.03 bits per heavy atom. The number of aliphatic imine (C=N–C) groups is 1. The maximum absolute atomic E-state index is 13.2. The largest absolute Gasteiger partial charge is 0.365 e. The zero-order chi connectivity index (χ0) is 22.8. The number of hydrogen-bond acceptors (Lipinski definition) is 6. The van der Waals surface area contributed by atoms with Gasteiger partial charge in [-0.3, -0.25) is 9.59 Å². The normalized spacial score (nSPS) is 18.5. The predicted octanol–water partition coefficient (Wildman–Crippen LogP) is 0.406. The molecule has 1 heterocycles. The summed E-state index contributed by atoms with van der Waals surface area (Å²) >= 11 is 0. The molecular formula is C18H25F2N7O4. The van der Waals surface area contributed by atoms with Gasteiger partial charge >= 0.3 is 0 Å². The molecule has 2 atom stereocenters. The van der Waals surface area contributed by atoms with E-state index in [1.54, 1.807) is 5.43 Å². The first-order chi connectivity index (χ1) is 14.7. The monoisotopic (exact) mass is 441 g/mol. The Bertz CT molecular complexity index is 837. The molecule has 0 radical (unpaired) electrons. The molecular weight excluding hydrogens is 416 g/mol. The van der Waals surface area contributed by atoms with Crippen molar-refractivity contribution in [2.24, 2.45) is 10.7 Å². The molecule has 0 aromatic heterocycles. The van der Waals surface area contributed by atoms with Crippen molar-refractivity contribution in [3.05, 3.63) is 39.9 Å². The molecule has 2 rings (SSSR count). The summed E-state index contributed by atoms with van der Waals surface area (Å²) in [6.07, 6.45) is 2.62. The van der Waals surface area contributed by atoms with Crippen LogP contribution in [-0.4, -0.2) is 48.0 Å². The van der Waals surface area contributed by atoms with Crippen LogP contribution >= 0.6 is 0 Å². The van der Waals surface area contributed by atoms with Crippen molar-refractivity contribution in [1.82, 2.24) is 16.1 Å². The number of unbranched alkanes of at least 4 members (excludes halogenated alkanes) is 2. The van der Waals surface area contributed by atoms with Crippen LogP contribution in [-0.2, 0) is 9.59 Å². The van der Waals surface area contributed by atoms with Crippen LogP contribution in [0.5, 0.6) is 0 Å². The molecule has 11 nitrogen and oxygen atoms in total. The topological polar surface area (TPSA) is 164 Å². The molecule has 0 spiro atoms. The molecule has 0 saturated carbocycles. The fraction of sp³-hybridized carbons (Fsp3) is 0.500. The number of hydrazine groups is 1. The average molecular weight is 441 g/mol. The van der Waals surface area contributed by atoms with Gasteiger partial charge in [0.25, 0.3) is 5.96 Å². The number of nitrogens with one attached hydrogen (secondary N) is 4. The second-order valence-electron chi connectivity index (χ2n) is 7.03. The zero-order valence-electron chi connectivity index (χ0n) is 16.7. The summed E-state index contributed by atoms with van der Waals surface area (Å²) < 4.78 is 26.2. The number of carbonyl (C=O) groups excluding carboxylic acids is 2. The van der Waals surface area contributed by atoms with Crippen LogP contribution in [0.25, 0.3) is 0 Å². The molecule has 1 aromatic rings. The summed E-state index contributed by atoms with van der Waals surface area (Å²) in [5.41, 5.74) is 7.18. The molecule has 31 heavy (non-hydrogen) atoms. The first-order valence-corrected chi connectivity index (χ1v) is 9.74. The van der Waals surface area contributed by atoms with E-state index in [0.717, 1.165) is 12.1 Å². The fourth-order valence-electron chi connectivity index (χ4n) is 3.05. The number of hydrogen-bond donors (Lipinski definition) is 5. The lowest BCUT2D eigenvalue weighted by Crippen LogP contribution is -2.36. The minimum Gasteiger partial charge on any atom is -0.365 e. The number of anilines is 1. The number of halogens is 2. The van der Waals surface area contributed by atoms with E-state index in [0.29, 0.717) is 45.2 Å². The molecule has 2 amide bonds. The number of nitrogens with zero attached hydrogens (tertiary/aromatic N) is 2. The van der Waals surface area contributed by atoms with Gasteiger partial charge in [0.15, 0.2) is 16.7 Å². The Hall–Kier alpha value is -3.35. The van der Waals surface area contributed by atoms with Crippen molar-refractivity contribution in [2.45, 2.75) is 44.2 Å². The second kappa shape index (κ2) is 11.7. The SMILES string of the molecule is NC(=NCCCCCC(=O)N[C@@H]1CN[C@H](C(=O)Nc2ccc(F)c(F)c2)C1)N[N+](=O)[O-]. The van der Waals surface area contributed by atoms with Crippen LogP contribution < -0.4 is 27.1 Å². The van der Waals surface area contributed by atoms with Crippen LogP contribution in [0, 0.1) is 21.7 Å². The molecule has 1 saturated heterocycles. The van der Waals surface area contributed by atoms with E-state index in [2.05, 4.69) is 20.9 Å². The smallest absolute Gasteiger partial charge is 0.251 e. The van der Waals surface area contributed by atoms with Gasteiger partial charge in [-0.2, -0.15) is 0 Å². The molecule has 170 valence electrons. The molecule has 6 N–H and O–H groups in total. The van der Waals surface area contributed by atoms with E-state index in [9.17, 15) is 28.5 Å². The van der Waals surface area contributed by atoms with E-state index < -0.39 is 28.6 Å². The third-order valence-electron chi connectivity index (χ3n) is 4.55. The van der Waals surface area contributed by atoms with Gasteiger partial charge in [-0.1, -0.05) is 11.8 Å². The third-order valence-corrected chi connectivity index (χ3v) is 4.55. The molecule has 0 aliphatic carbocycles. The quantitative estimate of drug-likeness (QED) is 0.115. The van der Waals surface area contributed by atoms with E-state index >= 15 is 0 Å². The lowest BCUT2D eigenvalue weighted by molar-refractivity contribution is -0.525. The van der Waals surface area contributed by atoms with Gasteiger partial charge in [0, 0.05) is 37.3 Å². The van der Waals surface area contributed by atoms with Gasteiger partial charge in [-0.15, -0.1) is 0 Å². The summed E-state index contributed by atoms with van der Waals surface area (Å²) in [6.45, 7) is 0.731. The minimum absolute atomic E-state index is 0.147.